The largest absolute Gasteiger partial charge is 0.478 e. The third-order valence-corrected chi connectivity index (χ3v) is 10.8. The second-order valence-electron chi connectivity index (χ2n) is 12.1. The molecule has 13 heteroatoms. The van der Waals surface area contributed by atoms with Crippen molar-refractivity contribution >= 4 is 16.7 Å². The zero-order chi connectivity index (χ0) is 32.1. The molecule has 1 unspecified atom stereocenters. The molecule has 0 saturated heterocycles. The molecule has 0 amide bonds. The van der Waals surface area contributed by atoms with E-state index in [-0.39, 0.29) is 34.8 Å². The van der Waals surface area contributed by atoms with E-state index in [0.717, 1.165) is 49.1 Å². The Hall–Kier alpha value is -3.65. The van der Waals surface area contributed by atoms with Crippen molar-refractivity contribution in [2.24, 2.45) is 13.0 Å². The molecule has 1 saturated carbocycles. The van der Waals surface area contributed by atoms with Crippen molar-refractivity contribution in [2.75, 3.05) is 6.54 Å². The van der Waals surface area contributed by atoms with Crippen LogP contribution in [0.25, 0.3) is 5.69 Å². The summed E-state index contributed by atoms with van der Waals surface area (Å²) in [5.74, 6) is -1.03. The Morgan fingerprint density at radius 2 is 1.91 bits per heavy atom. The number of halogens is 3. The van der Waals surface area contributed by atoms with E-state index in [1.807, 2.05) is 35.0 Å². The Balaban J connectivity index is 1.34. The molecule has 2 aromatic heterocycles. The van der Waals surface area contributed by atoms with E-state index in [0.29, 0.717) is 29.9 Å². The second-order valence-corrected chi connectivity index (χ2v) is 14.1. The van der Waals surface area contributed by atoms with E-state index in [1.165, 1.54) is 10.4 Å². The quantitative estimate of drug-likeness (QED) is 0.173. The maximum Gasteiger partial charge on any atom is 0.416 e. The van der Waals surface area contributed by atoms with Gasteiger partial charge in [0, 0.05) is 55.7 Å². The lowest BCUT2D eigenvalue weighted by atomic mass is 9.93. The number of unbranched alkanes of at least 4 members (excludes halogenated alkanes) is 1. The first-order chi connectivity index (χ1) is 21.4. The van der Waals surface area contributed by atoms with Crippen LogP contribution < -0.4 is 0 Å². The van der Waals surface area contributed by atoms with Gasteiger partial charge in [0.15, 0.2) is 0 Å². The Morgan fingerprint density at radius 1 is 1.11 bits per heavy atom. The molecular formula is C32H36F3N5O4S. The van der Waals surface area contributed by atoms with Crippen LogP contribution in [-0.4, -0.2) is 50.6 Å². The highest BCUT2D eigenvalue weighted by atomic mass is 32.3. The normalized spacial score (nSPS) is 22.1. The molecule has 0 bridgehead atoms. The average molecular weight is 644 g/mol. The summed E-state index contributed by atoms with van der Waals surface area (Å²) in [6, 6.07) is 12.2. The van der Waals surface area contributed by atoms with Gasteiger partial charge in [-0.1, -0.05) is 43.2 Å². The van der Waals surface area contributed by atoms with Gasteiger partial charge in [-0.15, -0.1) is 15.9 Å². The predicted octanol–water partition coefficient (Wildman–Crippen LogP) is 7.48. The van der Waals surface area contributed by atoms with E-state index in [4.69, 9.17) is 0 Å². The monoisotopic (exact) mass is 643 g/mol. The van der Waals surface area contributed by atoms with Crippen LogP contribution in [0.2, 0.25) is 0 Å². The maximum absolute atomic E-state index is 13.7. The minimum Gasteiger partial charge on any atom is -0.478 e. The summed E-state index contributed by atoms with van der Waals surface area (Å²) in [5, 5.41) is 18.2. The first-order valence-corrected chi connectivity index (χ1v) is 16.5. The topological polar surface area (TPSA) is 117 Å². The van der Waals surface area contributed by atoms with Crippen LogP contribution in [0.4, 0.5) is 13.2 Å². The highest BCUT2D eigenvalue weighted by Crippen LogP contribution is 2.58. The smallest absolute Gasteiger partial charge is 0.416 e. The molecule has 9 nitrogen and oxygen atoms in total. The lowest BCUT2D eigenvalue weighted by Crippen LogP contribution is -2.31. The van der Waals surface area contributed by atoms with Gasteiger partial charge in [0.2, 0.25) is 0 Å². The summed E-state index contributed by atoms with van der Waals surface area (Å²) >= 11 is 0. The number of hydrogen-bond acceptors (Lipinski definition) is 6. The molecule has 0 radical (unpaired) electrons. The first-order valence-electron chi connectivity index (χ1n) is 15.0. The minimum atomic E-state index is -4.62. The SMILES string of the molecule is CCCCC1Cc2ccc(C(F)(F)F)cc2S(O)(O)N(Cc2cccc(-n3ccc(C(=O)O)c3[C@@H]3C[C@H]3c3cn(C)nn3)c2)C1. The van der Waals surface area contributed by atoms with Crippen LogP contribution in [0, 0.1) is 5.92 Å². The number of hydrogen-bond donors (Lipinski definition) is 3. The number of carbonyl (C=O) groups is 1. The molecule has 1 aliphatic heterocycles. The fourth-order valence-corrected chi connectivity index (χ4v) is 8.31. The van der Waals surface area contributed by atoms with Crippen LogP contribution in [0.1, 0.15) is 82.9 Å². The number of aromatic carboxylic acids is 1. The van der Waals surface area contributed by atoms with Crippen LogP contribution in [0.15, 0.2) is 65.8 Å². The summed E-state index contributed by atoms with van der Waals surface area (Å²) in [6.07, 6.45) is 2.81. The second kappa shape index (κ2) is 11.9. The molecule has 1 aliphatic carbocycles. The third kappa shape index (κ3) is 6.26. The summed E-state index contributed by atoms with van der Waals surface area (Å²) in [7, 11) is -1.97. The summed E-state index contributed by atoms with van der Waals surface area (Å²) in [4.78, 5) is 12.1. The number of nitrogens with zero attached hydrogens (tertiary/aromatic N) is 5. The highest BCUT2D eigenvalue weighted by Gasteiger charge is 2.45. The van der Waals surface area contributed by atoms with Crippen molar-refractivity contribution in [1.82, 2.24) is 23.9 Å². The van der Waals surface area contributed by atoms with Crippen molar-refractivity contribution in [1.29, 1.82) is 0 Å². The summed E-state index contributed by atoms with van der Waals surface area (Å²) < 4.78 is 69.1. The lowest BCUT2D eigenvalue weighted by molar-refractivity contribution is -0.137. The number of fused-ring (bicyclic) bond motifs is 1. The molecule has 2 aromatic carbocycles. The van der Waals surface area contributed by atoms with Gasteiger partial charge in [-0.25, -0.2) is 4.79 Å². The van der Waals surface area contributed by atoms with Gasteiger partial charge in [-0.05, 0) is 66.6 Å². The van der Waals surface area contributed by atoms with E-state index >= 15 is 0 Å². The number of aromatic nitrogens is 4. The number of carboxylic acids is 1. The van der Waals surface area contributed by atoms with Gasteiger partial charge < -0.3 is 9.67 Å². The van der Waals surface area contributed by atoms with E-state index in [1.54, 1.807) is 24.0 Å². The molecule has 0 spiro atoms. The van der Waals surface area contributed by atoms with Gasteiger partial charge in [0.1, 0.15) is 0 Å². The fourth-order valence-electron chi connectivity index (χ4n) is 6.50. The van der Waals surface area contributed by atoms with Crippen molar-refractivity contribution < 1.29 is 32.2 Å². The summed E-state index contributed by atoms with van der Waals surface area (Å²) in [6.45, 7) is 2.46. The number of alkyl halides is 3. The third-order valence-electron chi connectivity index (χ3n) is 8.83. The number of aryl methyl sites for hydroxylation is 1. The lowest BCUT2D eigenvalue weighted by Gasteiger charge is -2.43. The van der Waals surface area contributed by atoms with Gasteiger partial charge >= 0.3 is 12.1 Å². The first kappa shape index (κ1) is 31.3. The van der Waals surface area contributed by atoms with E-state index in [9.17, 15) is 32.2 Å². The van der Waals surface area contributed by atoms with Crippen LogP contribution in [0.3, 0.4) is 0 Å². The molecule has 3 N–H and O–H groups in total. The van der Waals surface area contributed by atoms with Gasteiger partial charge in [-0.2, -0.15) is 17.5 Å². The van der Waals surface area contributed by atoms with Gasteiger partial charge in [0.05, 0.1) is 21.7 Å². The Kier molecular flexibility index (Phi) is 8.31. The van der Waals surface area contributed by atoms with Crippen LogP contribution in [0.5, 0.6) is 0 Å². The molecule has 1 fully saturated rings. The van der Waals surface area contributed by atoms with Gasteiger partial charge in [-0.3, -0.25) is 13.8 Å². The van der Waals surface area contributed by atoms with Crippen molar-refractivity contribution in [3.05, 3.63) is 94.6 Å². The average Bonchev–Trinajstić information content (AvgIpc) is 3.46. The predicted molar refractivity (Wildman–Crippen MR) is 164 cm³/mol. The Labute approximate surface area is 260 Å². The Bertz CT molecular complexity index is 1720. The standard InChI is InChI=1S/C32H36F3N5O4S/c1-3-4-6-20-13-22-9-10-23(32(33,34)35)15-29(22)45(43,44)39(17-20)18-21-7-5-8-24(14-21)40-12-11-25(31(41)42)30(40)27-16-26(27)28-19-38(2)37-36-28/h5,7-12,14-15,19-20,26-27,43-44H,3-4,6,13,16-18H2,1-2H3,(H,41,42)/t20?,26-,27-/m1/s1. The van der Waals surface area contributed by atoms with E-state index in [2.05, 4.69) is 17.2 Å². The van der Waals surface area contributed by atoms with E-state index < -0.39 is 28.5 Å². The number of rotatable bonds is 9. The molecule has 4 aromatic rings. The number of carboxylic acid groups (broad SMARTS) is 1. The molecule has 3 heterocycles. The molecule has 240 valence electrons. The van der Waals surface area contributed by atoms with Crippen LogP contribution in [-0.2, 0) is 26.2 Å². The Morgan fingerprint density at radius 3 is 2.60 bits per heavy atom. The molecule has 2 aliphatic rings. The zero-order valence-corrected chi connectivity index (χ0v) is 25.8. The zero-order valence-electron chi connectivity index (χ0n) is 25.0. The van der Waals surface area contributed by atoms with Crippen molar-refractivity contribution in [3.63, 3.8) is 0 Å². The molecule has 45 heavy (non-hydrogen) atoms. The number of benzene rings is 2. The molecular weight excluding hydrogens is 607 g/mol. The highest BCUT2D eigenvalue weighted by molar-refractivity contribution is 8.22. The van der Waals surface area contributed by atoms with Gasteiger partial charge in [0.25, 0.3) is 0 Å². The van der Waals surface area contributed by atoms with Crippen molar-refractivity contribution in [2.45, 2.75) is 68.5 Å². The van der Waals surface area contributed by atoms with Crippen LogP contribution >= 0.6 is 10.8 Å². The minimum absolute atomic E-state index is 0.0272. The fraction of sp³-hybridized carbons (Fsp3) is 0.406. The molecule has 6 rings (SSSR count). The molecule has 3 atom stereocenters. The maximum atomic E-state index is 13.7. The van der Waals surface area contributed by atoms with Crippen molar-refractivity contribution in [3.8, 4) is 5.69 Å². The summed E-state index contributed by atoms with van der Waals surface area (Å²) in [5.41, 5.74) is 2.70.